The Morgan fingerprint density at radius 3 is 2.57 bits per heavy atom. The minimum Gasteiger partial charge on any atom is -0.507 e. The molecule has 0 saturated heterocycles. The van der Waals surface area contributed by atoms with Crippen LogP contribution in [0.25, 0.3) is 11.3 Å². The number of nitrogens with zero attached hydrogens (tertiary/aromatic N) is 1. The molecule has 0 aliphatic carbocycles. The molecule has 3 nitrogen and oxygen atoms in total. The highest BCUT2D eigenvalue weighted by Crippen LogP contribution is 2.33. The van der Waals surface area contributed by atoms with Gasteiger partial charge in [-0.3, -0.25) is 0 Å². The molecule has 3 heteroatoms. The molecule has 0 atom stereocenters. The number of benzene rings is 1. The fourth-order valence-electron chi connectivity index (χ4n) is 1.56. The van der Waals surface area contributed by atoms with Gasteiger partial charge < -0.3 is 15.4 Å². The lowest BCUT2D eigenvalue weighted by molar-refractivity contribution is 0.477. The minimum atomic E-state index is 0.215. The number of hydrogen-bond donors (Lipinski definition) is 2. The van der Waals surface area contributed by atoms with Crippen LogP contribution >= 0.6 is 0 Å². The summed E-state index contributed by atoms with van der Waals surface area (Å²) in [5.41, 5.74) is 8.01. The molecule has 72 valence electrons. The van der Waals surface area contributed by atoms with Gasteiger partial charge in [-0.1, -0.05) is 6.07 Å². The highest BCUT2D eigenvalue weighted by Gasteiger charge is 2.09. The highest BCUT2D eigenvalue weighted by molar-refractivity contribution is 5.79. The molecule has 1 aromatic carbocycles. The number of rotatable bonds is 1. The van der Waals surface area contributed by atoms with Crippen molar-refractivity contribution in [2.45, 2.75) is 0 Å². The molecule has 0 saturated carbocycles. The van der Waals surface area contributed by atoms with Crippen molar-refractivity contribution < 1.29 is 5.11 Å². The second-order valence-corrected chi connectivity index (χ2v) is 3.25. The third-order valence-corrected chi connectivity index (χ3v) is 2.27. The molecule has 1 heterocycles. The molecule has 1 aromatic heterocycles. The standard InChI is InChI=1S/C11H12N2O/c1-13-7-3-5-9(13)11-8(12)4-2-6-10(11)14/h2-7,14H,12H2,1H3. The van der Waals surface area contributed by atoms with E-state index in [2.05, 4.69) is 0 Å². The maximum Gasteiger partial charge on any atom is 0.126 e. The summed E-state index contributed by atoms with van der Waals surface area (Å²) in [7, 11) is 1.92. The van der Waals surface area contributed by atoms with Crippen LogP contribution in [-0.4, -0.2) is 9.67 Å². The van der Waals surface area contributed by atoms with Crippen LogP contribution in [0.4, 0.5) is 5.69 Å². The Kier molecular flexibility index (Phi) is 1.93. The van der Waals surface area contributed by atoms with Gasteiger partial charge in [0.1, 0.15) is 5.75 Å². The first-order valence-electron chi connectivity index (χ1n) is 4.39. The van der Waals surface area contributed by atoms with Gasteiger partial charge in [-0.05, 0) is 24.3 Å². The molecule has 0 radical (unpaired) electrons. The number of nitrogen functional groups attached to an aromatic ring is 1. The SMILES string of the molecule is Cn1cccc1-c1c(N)cccc1O. The summed E-state index contributed by atoms with van der Waals surface area (Å²) in [5.74, 6) is 0.215. The number of aromatic hydroxyl groups is 1. The van der Waals surface area contributed by atoms with E-state index >= 15 is 0 Å². The van der Waals surface area contributed by atoms with Crippen molar-refractivity contribution in [2.24, 2.45) is 7.05 Å². The summed E-state index contributed by atoms with van der Waals surface area (Å²) in [6, 6.07) is 8.99. The van der Waals surface area contributed by atoms with Gasteiger partial charge >= 0.3 is 0 Å². The van der Waals surface area contributed by atoms with Crippen LogP contribution in [0.1, 0.15) is 0 Å². The van der Waals surface area contributed by atoms with Gasteiger partial charge in [0.25, 0.3) is 0 Å². The summed E-state index contributed by atoms with van der Waals surface area (Å²) in [4.78, 5) is 0. The average Bonchev–Trinajstić information content (AvgIpc) is 2.52. The Hall–Kier alpha value is -1.90. The molecule has 14 heavy (non-hydrogen) atoms. The molecule has 0 aliphatic rings. The van der Waals surface area contributed by atoms with E-state index in [1.807, 2.05) is 29.9 Å². The lowest BCUT2D eigenvalue weighted by atomic mass is 10.1. The lowest BCUT2D eigenvalue weighted by Crippen LogP contribution is -1.94. The van der Waals surface area contributed by atoms with Gasteiger partial charge in [0.15, 0.2) is 0 Å². The Morgan fingerprint density at radius 1 is 1.21 bits per heavy atom. The summed E-state index contributed by atoms with van der Waals surface area (Å²) in [5, 5.41) is 9.69. The molecular weight excluding hydrogens is 176 g/mol. The first kappa shape index (κ1) is 8.69. The van der Waals surface area contributed by atoms with Gasteiger partial charge in [-0.25, -0.2) is 0 Å². The number of anilines is 1. The van der Waals surface area contributed by atoms with Crippen LogP contribution < -0.4 is 5.73 Å². The monoisotopic (exact) mass is 188 g/mol. The van der Waals surface area contributed by atoms with Gasteiger partial charge in [0.05, 0.1) is 11.3 Å². The second-order valence-electron chi connectivity index (χ2n) is 3.25. The number of aryl methyl sites for hydroxylation is 1. The first-order chi connectivity index (χ1) is 6.70. The predicted molar refractivity (Wildman–Crippen MR) is 56.9 cm³/mol. The van der Waals surface area contributed by atoms with Crippen molar-refractivity contribution >= 4 is 5.69 Å². The fraction of sp³-hybridized carbons (Fsp3) is 0.0909. The molecule has 2 rings (SSSR count). The smallest absolute Gasteiger partial charge is 0.126 e. The molecular formula is C11H12N2O. The van der Waals surface area contributed by atoms with Crippen molar-refractivity contribution in [1.82, 2.24) is 4.57 Å². The molecule has 0 amide bonds. The van der Waals surface area contributed by atoms with E-state index in [-0.39, 0.29) is 5.75 Å². The normalized spacial score (nSPS) is 10.4. The van der Waals surface area contributed by atoms with Crippen LogP contribution in [0, 0.1) is 0 Å². The maximum absolute atomic E-state index is 9.69. The largest absolute Gasteiger partial charge is 0.507 e. The van der Waals surface area contributed by atoms with Crippen molar-refractivity contribution in [3.63, 3.8) is 0 Å². The van der Waals surface area contributed by atoms with Crippen LogP contribution in [-0.2, 0) is 7.05 Å². The summed E-state index contributed by atoms with van der Waals surface area (Å²) in [6.07, 6.45) is 1.92. The van der Waals surface area contributed by atoms with Gasteiger partial charge in [0.2, 0.25) is 0 Å². The number of nitrogens with two attached hydrogens (primary N) is 1. The molecule has 0 spiro atoms. The third kappa shape index (κ3) is 1.23. The lowest BCUT2D eigenvalue weighted by Gasteiger charge is -2.08. The Labute approximate surface area is 82.4 Å². The molecule has 2 aromatic rings. The fourth-order valence-corrected chi connectivity index (χ4v) is 1.56. The highest BCUT2D eigenvalue weighted by atomic mass is 16.3. The van der Waals surface area contributed by atoms with Crippen molar-refractivity contribution in [3.05, 3.63) is 36.5 Å². The summed E-state index contributed by atoms with van der Waals surface area (Å²) >= 11 is 0. The molecule has 0 bridgehead atoms. The number of aromatic nitrogens is 1. The summed E-state index contributed by atoms with van der Waals surface area (Å²) in [6.45, 7) is 0. The summed E-state index contributed by atoms with van der Waals surface area (Å²) < 4.78 is 1.92. The Morgan fingerprint density at radius 2 is 2.00 bits per heavy atom. The van der Waals surface area contributed by atoms with Gasteiger partial charge in [-0.2, -0.15) is 0 Å². The first-order valence-corrected chi connectivity index (χ1v) is 4.39. The van der Waals surface area contributed by atoms with Crippen molar-refractivity contribution in [2.75, 3.05) is 5.73 Å². The maximum atomic E-state index is 9.69. The number of hydrogen-bond acceptors (Lipinski definition) is 2. The van der Waals surface area contributed by atoms with E-state index in [1.54, 1.807) is 18.2 Å². The van der Waals surface area contributed by atoms with E-state index in [1.165, 1.54) is 0 Å². The van der Waals surface area contributed by atoms with Crippen LogP contribution in [0.15, 0.2) is 36.5 Å². The van der Waals surface area contributed by atoms with E-state index < -0.39 is 0 Å². The quantitative estimate of drug-likeness (QED) is 0.672. The topological polar surface area (TPSA) is 51.2 Å². The van der Waals surface area contributed by atoms with E-state index in [4.69, 9.17) is 5.73 Å². The van der Waals surface area contributed by atoms with E-state index in [9.17, 15) is 5.11 Å². The zero-order chi connectivity index (χ0) is 10.1. The Balaban J connectivity index is 2.68. The Bertz CT molecular complexity index is 440. The molecule has 0 unspecified atom stereocenters. The van der Waals surface area contributed by atoms with Crippen LogP contribution in [0.5, 0.6) is 5.75 Å². The van der Waals surface area contributed by atoms with Crippen LogP contribution in [0.2, 0.25) is 0 Å². The third-order valence-electron chi connectivity index (χ3n) is 2.27. The molecule has 3 N–H and O–H groups in total. The van der Waals surface area contributed by atoms with E-state index in [0.717, 1.165) is 5.69 Å². The predicted octanol–water partition coefficient (Wildman–Crippen LogP) is 1.98. The van der Waals surface area contributed by atoms with E-state index in [0.29, 0.717) is 11.3 Å². The van der Waals surface area contributed by atoms with Crippen molar-refractivity contribution in [1.29, 1.82) is 0 Å². The zero-order valence-electron chi connectivity index (χ0n) is 7.94. The van der Waals surface area contributed by atoms with Gasteiger partial charge in [0, 0.05) is 18.9 Å². The average molecular weight is 188 g/mol. The van der Waals surface area contributed by atoms with Gasteiger partial charge in [-0.15, -0.1) is 0 Å². The van der Waals surface area contributed by atoms with Crippen molar-refractivity contribution in [3.8, 4) is 17.0 Å². The zero-order valence-corrected chi connectivity index (χ0v) is 7.94. The molecule has 0 fully saturated rings. The number of phenolic OH excluding ortho intramolecular Hbond substituents is 1. The van der Waals surface area contributed by atoms with Crippen LogP contribution in [0.3, 0.4) is 0 Å². The molecule has 0 aliphatic heterocycles. The number of phenols is 1. The second kappa shape index (κ2) is 3.10. The minimum absolute atomic E-state index is 0.215.